The standard InChI is InChI=1S/C19H36N4O/c1-5-15-6-8-16(9-7-15)12-21-19(20-4)22-17-10-11-23(13-17)18(24)14(2)3/h14-17H,5-13H2,1-4H3,(H2,20,21,22). The maximum Gasteiger partial charge on any atom is 0.225 e. The fourth-order valence-corrected chi connectivity index (χ4v) is 3.92. The number of hydrogen-bond acceptors (Lipinski definition) is 2. The maximum absolute atomic E-state index is 12.1. The number of carbonyl (C=O) groups excluding carboxylic acids is 1. The highest BCUT2D eigenvalue weighted by Crippen LogP contribution is 2.30. The van der Waals surface area contributed by atoms with Crippen molar-refractivity contribution in [2.75, 3.05) is 26.7 Å². The Kier molecular flexibility index (Phi) is 7.38. The van der Waals surface area contributed by atoms with Gasteiger partial charge in [0.05, 0.1) is 0 Å². The van der Waals surface area contributed by atoms with Crippen molar-refractivity contribution in [3.8, 4) is 0 Å². The molecule has 2 fully saturated rings. The zero-order valence-corrected chi connectivity index (χ0v) is 16.0. The summed E-state index contributed by atoms with van der Waals surface area (Å²) in [5.41, 5.74) is 0. The van der Waals surface area contributed by atoms with Crippen molar-refractivity contribution in [2.45, 2.75) is 65.3 Å². The number of carbonyl (C=O) groups is 1. The average molecular weight is 337 g/mol. The second-order valence-corrected chi connectivity index (χ2v) is 7.82. The van der Waals surface area contributed by atoms with Gasteiger partial charge in [0.15, 0.2) is 5.96 Å². The second-order valence-electron chi connectivity index (χ2n) is 7.82. The molecule has 0 bridgehead atoms. The van der Waals surface area contributed by atoms with E-state index in [1.165, 1.54) is 32.1 Å². The molecule has 1 atom stereocenters. The van der Waals surface area contributed by atoms with Crippen molar-refractivity contribution < 1.29 is 4.79 Å². The van der Waals surface area contributed by atoms with E-state index in [9.17, 15) is 4.79 Å². The summed E-state index contributed by atoms with van der Waals surface area (Å²) in [5, 5.41) is 7.00. The van der Waals surface area contributed by atoms with Gasteiger partial charge in [-0.15, -0.1) is 0 Å². The van der Waals surface area contributed by atoms with Crippen molar-refractivity contribution in [1.29, 1.82) is 0 Å². The molecule has 2 N–H and O–H groups in total. The Morgan fingerprint density at radius 2 is 1.83 bits per heavy atom. The second kappa shape index (κ2) is 9.28. The number of nitrogens with one attached hydrogen (secondary N) is 2. The molecule has 1 aliphatic carbocycles. The molecule has 1 unspecified atom stereocenters. The molecule has 138 valence electrons. The van der Waals surface area contributed by atoms with E-state index in [0.717, 1.165) is 43.9 Å². The molecule has 24 heavy (non-hydrogen) atoms. The van der Waals surface area contributed by atoms with E-state index < -0.39 is 0 Å². The van der Waals surface area contributed by atoms with Crippen LogP contribution in [0.4, 0.5) is 0 Å². The number of amides is 1. The van der Waals surface area contributed by atoms with Crippen LogP contribution in [0.15, 0.2) is 4.99 Å². The maximum atomic E-state index is 12.1. The average Bonchev–Trinajstić information content (AvgIpc) is 3.06. The molecule has 0 aromatic rings. The van der Waals surface area contributed by atoms with E-state index >= 15 is 0 Å². The molecule has 1 aliphatic heterocycles. The van der Waals surface area contributed by atoms with Crippen LogP contribution in [-0.2, 0) is 4.79 Å². The van der Waals surface area contributed by atoms with Gasteiger partial charge >= 0.3 is 0 Å². The molecule has 1 heterocycles. The first-order chi connectivity index (χ1) is 11.5. The van der Waals surface area contributed by atoms with Crippen molar-refractivity contribution >= 4 is 11.9 Å². The Balaban J connectivity index is 1.71. The minimum Gasteiger partial charge on any atom is -0.356 e. The predicted molar refractivity (Wildman–Crippen MR) is 100 cm³/mol. The highest BCUT2D eigenvalue weighted by molar-refractivity contribution is 5.81. The summed E-state index contributed by atoms with van der Waals surface area (Å²) in [5.74, 6) is 2.95. The topological polar surface area (TPSA) is 56.7 Å². The quantitative estimate of drug-likeness (QED) is 0.599. The van der Waals surface area contributed by atoms with Crippen LogP contribution in [0.5, 0.6) is 0 Å². The molecular formula is C19H36N4O. The van der Waals surface area contributed by atoms with Crippen LogP contribution in [0.2, 0.25) is 0 Å². The fourth-order valence-electron chi connectivity index (χ4n) is 3.92. The number of likely N-dealkylation sites (tertiary alicyclic amines) is 1. The molecular weight excluding hydrogens is 300 g/mol. The summed E-state index contributed by atoms with van der Waals surface area (Å²) >= 11 is 0. The summed E-state index contributed by atoms with van der Waals surface area (Å²) in [6.07, 6.45) is 7.76. The van der Waals surface area contributed by atoms with Gasteiger partial charge in [0, 0.05) is 38.6 Å². The number of guanidine groups is 1. The number of hydrogen-bond donors (Lipinski definition) is 2. The molecule has 5 nitrogen and oxygen atoms in total. The lowest BCUT2D eigenvalue weighted by molar-refractivity contribution is -0.133. The molecule has 2 rings (SSSR count). The van der Waals surface area contributed by atoms with Crippen molar-refractivity contribution in [3.63, 3.8) is 0 Å². The van der Waals surface area contributed by atoms with Gasteiger partial charge in [0.2, 0.25) is 5.91 Å². The van der Waals surface area contributed by atoms with Crippen molar-refractivity contribution in [1.82, 2.24) is 15.5 Å². The minimum atomic E-state index is 0.0828. The lowest BCUT2D eigenvalue weighted by Crippen LogP contribution is -2.46. The van der Waals surface area contributed by atoms with Crippen LogP contribution in [0.25, 0.3) is 0 Å². The number of rotatable bonds is 5. The predicted octanol–water partition coefficient (Wildman–Crippen LogP) is 2.62. The highest BCUT2D eigenvalue weighted by atomic mass is 16.2. The number of nitrogens with zero attached hydrogens (tertiary/aromatic N) is 2. The first kappa shape index (κ1) is 19.1. The van der Waals surface area contributed by atoms with E-state index in [1.54, 1.807) is 0 Å². The van der Waals surface area contributed by atoms with E-state index in [4.69, 9.17) is 0 Å². The molecule has 0 aromatic heterocycles. The molecule has 5 heteroatoms. The molecule has 2 aliphatic rings. The van der Waals surface area contributed by atoms with Crippen molar-refractivity contribution in [3.05, 3.63) is 0 Å². The molecule has 0 spiro atoms. The summed E-state index contributed by atoms with van der Waals surface area (Å²) in [7, 11) is 1.83. The first-order valence-corrected chi connectivity index (χ1v) is 9.79. The monoisotopic (exact) mass is 336 g/mol. The van der Waals surface area contributed by atoms with Gasteiger partial charge in [-0.2, -0.15) is 0 Å². The van der Waals surface area contributed by atoms with Crippen LogP contribution < -0.4 is 10.6 Å². The summed E-state index contributed by atoms with van der Waals surface area (Å²) in [6.45, 7) is 8.90. The Hall–Kier alpha value is -1.26. The molecule has 0 radical (unpaired) electrons. The van der Waals surface area contributed by atoms with Crippen LogP contribution in [0.1, 0.15) is 59.3 Å². The van der Waals surface area contributed by atoms with Crippen molar-refractivity contribution in [2.24, 2.45) is 22.7 Å². The van der Waals surface area contributed by atoms with Crippen LogP contribution in [0.3, 0.4) is 0 Å². The summed E-state index contributed by atoms with van der Waals surface area (Å²) in [6, 6.07) is 0.315. The third-order valence-electron chi connectivity index (χ3n) is 5.66. The lowest BCUT2D eigenvalue weighted by atomic mass is 9.81. The SMILES string of the molecule is CCC1CCC(CNC(=NC)NC2CCN(C(=O)C(C)C)C2)CC1. The van der Waals surface area contributed by atoms with Gasteiger partial charge in [-0.05, 0) is 31.1 Å². The van der Waals surface area contributed by atoms with Gasteiger partial charge in [-0.1, -0.05) is 40.0 Å². The first-order valence-electron chi connectivity index (χ1n) is 9.79. The van der Waals surface area contributed by atoms with E-state index in [2.05, 4.69) is 22.5 Å². The van der Waals surface area contributed by atoms with E-state index in [1.807, 2.05) is 25.8 Å². The third-order valence-corrected chi connectivity index (χ3v) is 5.66. The summed E-state index contributed by atoms with van der Waals surface area (Å²) < 4.78 is 0. The zero-order chi connectivity index (χ0) is 17.5. The molecule has 1 saturated heterocycles. The van der Waals surface area contributed by atoms with Gasteiger partial charge in [0.1, 0.15) is 0 Å². The largest absolute Gasteiger partial charge is 0.356 e. The van der Waals surface area contributed by atoms with Crippen LogP contribution >= 0.6 is 0 Å². The minimum absolute atomic E-state index is 0.0828. The third kappa shape index (κ3) is 5.38. The normalized spacial score (nSPS) is 28.3. The summed E-state index contributed by atoms with van der Waals surface area (Å²) in [4.78, 5) is 18.4. The van der Waals surface area contributed by atoms with Gasteiger partial charge in [0.25, 0.3) is 0 Å². The van der Waals surface area contributed by atoms with Crippen LogP contribution in [0, 0.1) is 17.8 Å². The van der Waals surface area contributed by atoms with Gasteiger partial charge in [-0.25, -0.2) is 0 Å². The zero-order valence-electron chi connectivity index (χ0n) is 16.0. The Bertz CT molecular complexity index is 427. The van der Waals surface area contributed by atoms with Gasteiger partial charge in [-0.3, -0.25) is 9.79 Å². The molecule has 1 amide bonds. The van der Waals surface area contributed by atoms with Crippen LogP contribution in [-0.4, -0.2) is 49.5 Å². The highest BCUT2D eigenvalue weighted by Gasteiger charge is 2.28. The Morgan fingerprint density at radius 1 is 1.17 bits per heavy atom. The Labute approximate surface area is 147 Å². The Morgan fingerprint density at radius 3 is 2.42 bits per heavy atom. The lowest BCUT2D eigenvalue weighted by Gasteiger charge is -2.28. The fraction of sp³-hybridized carbons (Fsp3) is 0.895. The van der Waals surface area contributed by atoms with E-state index in [-0.39, 0.29) is 11.8 Å². The smallest absolute Gasteiger partial charge is 0.225 e. The van der Waals surface area contributed by atoms with E-state index in [0.29, 0.717) is 6.04 Å². The number of aliphatic imine (C=N–C) groups is 1. The van der Waals surface area contributed by atoms with Gasteiger partial charge < -0.3 is 15.5 Å². The molecule has 0 aromatic carbocycles. The molecule has 1 saturated carbocycles.